The van der Waals surface area contributed by atoms with Gasteiger partial charge in [-0.2, -0.15) is 9.61 Å². The second-order valence-electron chi connectivity index (χ2n) is 5.83. The lowest BCUT2D eigenvalue weighted by atomic mass is 9.97. The number of rotatable bonds is 6. The Hall–Kier alpha value is -2.15. The summed E-state index contributed by atoms with van der Waals surface area (Å²) in [6.07, 6.45) is 6.31. The Morgan fingerprint density at radius 3 is 3.22 bits per heavy atom. The van der Waals surface area contributed by atoms with Crippen LogP contribution < -0.4 is 10.2 Å². The third kappa shape index (κ3) is 3.61. The SMILES string of the molecule is COCCCNC(=O)C1CCCN(c2ccnc3ccnn23)C1. The Bertz CT molecular complexity index is 657. The van der Waals surface area contributed by atoms with Crippen LogP contribution in [0, 0.1) is 5.92 Å². The summed E-state index contributed by atoms with van der Waals surface area (Å²) in [7, 11) is 1.67. The first-order valence-electron chi connectivity index (χ1n) is 8.10. The normalized spacial score (nSPS) is 18.3. The van der Waals surface area contributed by atoms with Gasteiger partial charge in [0.05, 0.1) is 12.1 Å². The monoisotopic (exact) mass is 317 g/mol. The molecule has 2 aromatic heterocycles. The van der Waals surface area contributed by atoms with Gasteiger partial charge in [0.1, 0.15) is 5.82 Å². The number of carbonyl (C=O) groups excluding carboxylic acids is 1. The number of methoxy groups -OCH3 is 1. The predicted octanol–water partition coefficient (Wildman–Crippen LogP) is 1.10. The van der Waals surface area contributed by atoms with Crippen LogP contribution in [0.15, 0.2) is 24.5 Å². The van der Waals surface area contributed by atoms with Gasteiger partial charge >= 0.3 is 0 Å². The van der Waals surface area contributed by atoms with Gasteiger partial charge in [0, 0.05) is 45.6 Å². The molecule has 1 amide bonds. The fourth-order valence-electron chi connectivity index (χ4n) is 3.03. The molecule has 23 heavy (non-hydrogen) atoms. The van der Waals surface area contributed by atoms with E-state index in [1.165, 1.54) is 0 Å². The molecule has 1 aliphatic heterocycles. The third-order valence-electron chi connectivity index (χ3n) is 4.21. The van der Waals surface area contributed by atoms with E-state index in [1.54, 1.807) is 19.5 Å². The highest BCUT2D eigenvalue weighted by atomic mass is 16.5. The molecule has 0 aromatic carbocycles. The van der Waals surface area contributed by atoms with Gasteiger partial charge < -0.3 is 15.0 Å². The maximum atomic E-state index is 12.3. The quantitative estimate of drug-likeness (QED) is 0.808. The van der Waals surface area contributed by atoms with Crippen LogP contribution in [0.25, 0.3) is 5.65 Å². The van der Waals surface area contributed by atoms with Crippen molar-refractivity contribution in [1.29, 1.82) is 0 Å². The first-order chi connectivity index (χ1) is 11.3. The molecule has 1 aliphatic rings. The molecule has 3 rings (SSSR count). The summed E-state index contributed by atoms with van der Waals surface area (Å²) < 4.78 is 6.83. The van der Waals surface area contributed by atoms with Crippen molar-refractivity contribution in [2.45, 2.75) is 19.3 Å². The molecule has 7 nitrogen and oxygen atoms in total. The van der Waals surface area contributed by atoms with E-state index in [-0.39, 0.29) is 11.8 Å². The molecule has 0 bridgehead atoms. The molecule has 1 N–H and O–H groups in total. The summed E-state index contributed by atoms with van der Waals surface area (Å²) in [5.74, 6) is 1.15. The molecule has 3 heterocycles. The highest BCUT2D eigenvalue weighted by molar-refractivity contribution is 5.79. The van der Waals surface area contributed by atoms with Crippen LogP contribution in [0.1, 0.15) is 19.3 Å². The second-order valence-corrected chi connectivity index (χ2v) is 5.83. The van der Waals surface area contributed by atoms with Crippen molar-refractivity contribution >= 4 is 17.4 Å². The van der Waals surface area contributed by atoms with E-state index in [0.717, 1.165) is 43.8 Å². The standard InChI is InChI=1S/C16H23N5O2/c1-23-11-3-7-18-16(22)13-4-2-10-20(12-13)15-6-8-17-14-5-9-19-21(14)15/h5-6,8-9,13H,2-4,7,10-12H2,1H3,(H,18,22). The van der Waals surface area contributed by atoms with E-state index in [0.29, 0.717) is 13.2 Å². The minimum atomic E-state index is 0.0186. The summed E-state index contributed by atoms with van der Waals surface area (Å²) in [5.41, 5.74) is 0.827. The lowest BCUT2D eigenvalue weighted by Crippen LogP contribution is -2.44. The topological polar surface area (TPSA) is 71.8 Å². The van der Waals surface area contributed by atoms with Gasteiger partial charge in [0.25, 0.3) is 0 Å². The van der Waals surface area contributed by atoms with Gasteiger partial charge in [-0.1, -0.05) is 0 Å². The van der Waals surface area contributed by atoms with E-state index in [2.05, 4.69) is 20.3 Å². The van der Waals surface area contributed by atoms with E-state index >= 15 is 0 Å². The van der Waals surface area contributed by atoms with Gasteiger partial charge in [0.15, 0.2) is 5.65 Å². The Balaban J connectivity index is 1.64. The molecule has 1 saturated heterocycles. The maximum absolute atomic E-state index is 12.3. The Morgan fingerprint density at radius 1 is 1.43 bits per heavy atom. The van der Waals surface area contributed by atoms with Crippen LogP contribution in [0.5, 0.6) is 0 Å². The van der Waals surface area contributed by atoms with Crippen molar-refractivity contribution < 1.29 is 9.53 Å². The number of piperidine rings is 1. The first-order valence-corrected chi connectivity index (χ1v) is 8.10. The number of nitrogens with one attached hydrogen (secondary N) is 1. The Labute approximate surface area is 135 Å². The zero-order valence-corrected chi connectivity index (χ0v) is 13.4. The summed E-state index contributed by atoms with van der Waals surface area (Å²) >= 11 is 0. The average molecular weight is 317 g/mol. The molecule has 0 spiro atoms. The van der Waals surface area contributed by atoms with Crippen molar-refractivity contribution in [3.05, 3.63) is 24.5 Å². The molecule has 1 atom stereocenters. The minimum absolute atomic E-state index is 0.0186. The average Bonchev–Trinajstić information content (AvgIpc) is 3.07. The van der Waals surface area contributed by atoms with Crippen LogP contribution in [0.4, 0.5) is 5.82 Å². The zero-order chi connectivity index (χ0) is 16.1. The van der Waals surface area contributed by atoms with Crippen LogP contribution in [0.2, 0.25) is 0 Å². The molecular weight excluding hydrogens is 294 g/mol. The summed E-state index contributed by atoms with van der Waals surface area (Å²) in [5, 5.41) is 7.34. The fourth-order valence-corrected chi connectivity index (χ4v) is 3.03. The number of fused-ring (bicyclic) bond motifs is 1. The molecule has 7 heteroatoms. The number of ether oxygens (including phenoxy) is 1. The summed E-state index contributed by atoms with van der Waals surface area (Å²) in [6, 6.07) is 3.84. The Morgan fingerprint density at radius 2 is 2.35 bits per heavy atom. The molecule has 0 radical (unpaired) electrons. The van der Waals surface area contributed by atoms with Crippen molar-refractivity contribution in [3.63, 3.8) is 0 Å². The number of anilines is 1. The number of aromatic nitrogens is 3. The van der Waals surface area contributed by atoms with Gasteiger partial charge in [-0.25, -0.2) is 4.98 Å². The largest absolute Gasteiger partial charge is 0.385 e. The van der Waals surface area contributed by atoms with Gasteiger partial charge in [-0.3, -0.25) is 4.79 Å². The number of amides is 1. The predicted molar refractivity (Wildman–Crippen MR) is 87.4 cm³/mol. The fraction of sp³-hybridized carbons (Fsp3) is 0.562. The van der Waals surface area contributed by atoms with E-state index in [1.807, 2.05) is 16.6 Å². The number of hydrogen-bond donors (Lipinski definition) is 1. The molecule has 1 unspecified atom stereocenters. The summed E-state index contributed by atoms with van der Waals surface area (Å²) in [6.45, 7) is 2.99. The lowest BCUT2D eigenvalue weighted by molar-refractivity contribution is -0.125. The molecule has 2 aromatic rings. The van der Waals surface area contributed by atoms with Crippen molar-refractivity contribution in [2.75, 3.05) is 38.3 Å². The first kappa shape index (κ1) is 15.7. The van der Waals surface area contributed by atoms with Crippen molar-refractivity contribution in [2.24, 2.45) is 5.92 Å². The van der Waals surface area contributed by atoms with Crippen LogP contribution >= 0.6 is 0 Å². The summed E-state index contributed by atoms with van der Waals surface area (Å²) in [4.78, 5) is 18.9. The van der Waals surface area contributed by atoms with E-state index in [4.69, 9.17) is 4.74 Å². The van der Waals surface area contributed by atoms with Crippen molar-refractivity contribution in [1.82, 2.24) is 19.9 Å². The molecule has 0 aliphatic carbocycles. The van der Waals surface area contributed by atoms with E-state index < -0.39 is 0 Å². The second kappa shape index (κ2) is 7.41. The molecule has 124 valence electrons. The Kier molecular flexibility index (Phi) is 5.07. The molecule has 1 fully saturated rings. The highest BCUT2D eigenvalue weighted by Crippen LogP contribution is 2.23. The van der Waals surface area contributed by atoms with Gasteiger partial charge in [-0.05, 0) is 25.3 Å². The van der Waals surface area contributed by atoms with E-state index in [9.17, 15) is 4.79 Å². The third-order valence-corrected chi connectivity index (χ3v) is 4.21. The number of hydrogen-bond acceptors (Lipinski definition) is 5. The van der Waals surface area contributed by atoms with Gasteiger partial charge in [-0.15, -0.1) is 0 Å². The van der Waals surface area contributed by atoms with Crippen LogP contribution in [0.3, 0.4) is 0 Å². The minimum Gasteiger partial charge on any atom is -0.385 e. The smallest absolute Gasteiger partial charge is 0.224 e. The number of carbonyl (C=O) groups is 1. The molecular formula is C16H23N5O2. The highest BCUT2D eigenvalue weighted by Gasteiger charge is 2.26. The number of nitrogens with zero attached hydrogens (tertiary/aromatic N) is 4. The lowest BCUT2D eigenvalue weighted by Gasteiger charge is -2.33. The zero-order valence-electron chi connectivity index (χ0n) is 13.4. The maximum Gasteiger partial charge on any atom is 0.224 e. The van der Waals surface area contributed by atoms with Crippen molar-refractivity contribution in [3.8, 4) is 0 Å². The molecule has 0 saturated carbocycles. The van der Waals surface area contributed by atoms with Crippen LogP contribution in [-0.2, 0) is 9.53 Å². The van der Waals surface area contributed by atoms with Crippen LogP contribution in [-0.4, -0.2) is 53.9 Å². The van der Waals surface area contributed by atoms with Gasteiger partial charge in [0.2, 0.25) is 5.91 Å².